The number of amides is 1. The van der Waals surface area contributed by atoms with Gasteiger partial charge in [0, 0.05) is 51.7 Å². The molecule has 0 bridgehead atoms. The van der Waals surface area contributed by atoms with Crippen LogP contribution in [0, 0.1) is 5.92 Å². The highest BCUT2D eigenvalue weighted by atomic mass is 32.2. The van der Waals surface area contributed by atoms with Gasteiger partial charge in [-0.1, -0.05) is 25.2 Å². The van der Waals surface area contributed by atoms with Crippen LogP contribution >= 0.6 is 11.3 Å². The van der Waals surface area contributed by atoms with Gasteiger partial charge in [-0.05, 0) is 50.4 Å². The first-order valence-electron chi connectivity index (χ1n) is 12.0. The predicted molar refractivity (Wildman–Crippen MR) is 131 cm³/mol. The molecule has 8 nitrogen and oxygen atoms in total. The monoisotopic (exact) mass is 494 g/mol. The van der Waals surface area contributed by atoms with Gasteiger partial charge in [0.1, 0.15) is 0 Å². The standard InChI is InChI=1S/C23H34N4O4S2/c1-3-9-24-13-15-25(16-14-24)22(28)18-7-11-26(12-8-18)33(30,31)19-5-6-20-21(17-19)32-23(29)27(20)10-4-2/h5-6,17-18H,3-4,7-16H2,1-2H3. The number of piperidine rings is 1. The topological polar surface area (TPSA) is 82.9 Å². The second-order valence-electron chi connectivity index (χ2n) is 8.99. The van der Waals surface area contributed by atoms with Crippen LogP contribution in [0.1, 0.15) is 39.5 Å². The van der Waals surface area contributed by atoms with Crippen molar-refractivity contribution in [3.8, 4) is 0 Å². The zero-order valence-electron chi connectivity index (χ0n) is 19.5. The summed E-state index contributed by atoms with van der Waals surface area (Å²) in [6.45, 7) is 9.93. The lowest BCUT2D eigenvalue weighted by Gasteiger charge is -2.38. The van der Waals surface area contributed by atoms with Gasteiger partial charge < -0.3 is 4.90 Å². The van der Waals surface area contributed by atoms with Crippen molar-refractivity contribution < 1.29 is 13.2 Å². The van der Waals surface area contributed by atoms with Gasteiger partial charge in [-0.15, -0.1) is 0 Å². The Bertz CT molecular complexity index is 1140. The number of nitrogens with zero attached hydrogens (tertiary/aromatic N) is 4. The molecule has 3 heterocycles. The number of hydrogen-bond acceptors (Lipinski definition) is 6. The van der Waals surface area contributed by atoms with E-state index in [0.29, 0.717) is 37.2 Å². The van der Waals surface area contributed by atoms with E-state index in [4.69, 9.17) is 0 Å². The highest BCUT2D eigenvalue weighted by Gasteiger charge is 2.34. The van der Waals surface area contributed by atoms with E-state index in [-0.39, 0.29) is 21.6 Å². The van der Waals surface area contributed by atoms with Crippen molar-refractivity contribution in [1.82, 2.24) is 18.7 Å². The van der Waals surface area contributed by atoms with E-state index in [1.807, 2.05) is 11.8 Å². The van der Waals surface area contributed by atoms with Crippen LogP contribution in [-0.2, 0) is 21.4 Å². The number of carbonyl (C=O) groups excluding carboxylic acids is 1. The van der Waals surface area contributed by atoms with E-state index < -0.39 is 10.0 Å². The molecule has 0 radical (unpaired) electrons. The van der Waals surface area contributed by atoms with E-state index in [1.54, 1.807) is 22.8 Å². The van der Waals surface area contributed by atoms with E-state index in [1.165, 1.54) is 4.31 Å². The molecular formula is C23H34N4O4S2. The zero-order chi connectivity index (χ0) is 23.6. The molecule has 0 saturated carbocycles. The molecule has 0 unspecified atom stereocenters. The molecule has 0 N–H and O–H groups in total. The third-order valence-electron chi connectivity index (χ3n) is 6.75. The summed E-state index contributed by atoms with van der Waals surface area (Å²) in [6.07, 6.45) is 3.07. The van der Waals surface area contributed by atoms with Gasteiger partial charge in [0.2, 0.25) is 15.9 Å². The minimum absolute atomic E-state index is 0.0590. The van der Waals surface area contributed by atoms with Crippen molar-refractivity contribution in [3.05, 3.63) is 27.9 Å². The normalized spacial score (nSPS) is 19.4. The zero-order valence-corrected chi connectivity index (χ0v) is 21.2. The molecule has 1 aromatic carbocycles. The van der Waals surface area contributed by atoms with E-state index in [9.17, 15) is 18.0 Å². The van der Waals surface area contributed by atoms with E-state index in [0.717, 1.165) is 62.4 Å². The van der Waals surface area contributed by atoms with Gasteiger partial charge in [-0.2, -0.15) is 4.31 Å². The average molecular weight is 495 g/mol. The van der Waals surface area contributed by atoms with Crippen LogP contribution < -0.4 is 4.87 Å². The van der Waals surface area contributed by atoms with Gasteiger partial charge >= 0.3 is 4.87 Å². The van der Waals surface area contributed by atoms with Gasteiger partial charge in [0.25, 0.3) is 0 Å². The Labute approximate surface area is 199 Å². The van der Waals surface area contributed by atoms with Crippen molar-refractivity contribution in [1.29, 1.82) is 0 Å². The second-order valence-corrected chi connectivity index (χ2v) is 11.9. The van der Waals surface area contributed by atoms with Crippen LogP contribution in [0.3, 0.4) is 0 Å². The van der Waals surface area contributed by atoms with Crippen LogP contribution in [0.5, 0.6) is 0 Å². The molecule has 2 fully saturated rings. The van der Waals surface area contributed by atoms with Crippen molar-refractivity contribution in [2.75, 3.05) is 45.8 Å². The van der Waals surface area contributed by atoms with Crippen molar-refractivity contribution >= 4 is 37.5 Å². The molecule has 2 aliphatic heterocycles. The fourth-order valence-corrected chi connectivity index (χ4v) is 7.43. The number of thiazole rings is 1. The third kappa shape index (κ3) is 5.03. The van der Waals surface area contributed by atoms with Gasteiger partial charge in [-0.3, -0.25) is 19.1 Å². The maximum Gasteiger partial charge on any atom is 0.308 e. The van der Waals surface area contributed by atoms with E-state index in [2.05, 4.69) is 11.8 Å². The summed E-state index contributed by atoms with van der Waals surface area (Å²) in [5.74, 6) is 0.0663. The summed E-state index contributed by atoms with van der Waals surface area (Å²) in [5.41, 5.74) is 0.786. The van der Waals surface area contributed by atoms with Crippen LogP contribution in [0.25, 0.3) is 10.2 Å². The lowest BCUT2D eigenvalue weighted by molar-refractivity contribution is -0.138. The van der Waals surface area contributed by atoms with E-state index >= 15 is 0 Å². The maximum atomic E-state index is 13.3. The first-order chi connectivity index (χ1) is 15.8. The minimum Gasteiger partial charge on any atom is -0.340 e. The molecule has 182 valence electrons. The maximum absolute atomic E-state index is 13.3. The van der Waals surface area contributed by atoms with Crippen molar-refractivity contribution in [2.24, 2.45) is 5.92 Å². The molecule has 1 amide bonds. The highest BCUT2D eigenvalue weighted by Crippen LogP contribution is 2.28. The Morgan fingerprint density at radius 1 is 1.00 bits per heavy atom. The van der Waals surface area contributed by atoms with Crippen LogP contribution in [0.15, 0.2) is 27.9 Å². The molecule has 1 aromatic heterocycles. The number of carbonyl (C=O) groups is 1. The Kier molecular flexibility index (Phi) is 7.57. The Balaban J connectivity index is 1.40. The number of sulfonamides is 1. The molecular weight excluding hydrogens is 460 g/mol. The molecule has 0 aliphatic carbocycles. The Hall–Kier alpha value is -1.75. The lowest BCUT2D eigenvalue weighted by atomic mass is 9.96. The molecule has 2 aromatic rings. The molecule has 0 atom stereocenters. The number of benzene rings is 1. The fourth-order valence-electron chi connectivity index (χ4n) is 4.90. The first-order valence-corrected chi connectivity index (χ1v) is 14.3. The molecule has 33 heavy (non-hydrogen) atoms. The summed E-state index contributed by atoms with van der Waals surface area (Å²) in [4.78, 5) is 29.8. The number of piperazine rings is 1. The summed E-state index contributed by atoms with van der Waals surface area (Å²) in [7, 11) is -3.66. The van der Waals surface area contributed by atoms with Gasteiger partial charge in [0.05, 0.1) is 15.1 Å². The summed E-state index contributed by atoms with van der Waals surface area (Å²) in [5, 5.41) is 0. The van der Waals surface area contributed by atoms with Crippen LogP contribution in [0.4, 0.5) is 0 Å². The third-order valence-corrected chi connectivity index (χ3v) is 9.59. The SMILES string of the molecule is CCCN1CCN(C(=O)C2CCN(S(=O)(=O)c3ccc4c(c3)sc(=O)n4CCC)CC2)CC1. The molecule has 2 aliphatic rings. The largest absolute Gasteiger partial charge is 0.340 e. The number of fused-ring (bicyclic) bond motifs is 1. The first kappa shape index (κ1) is 24.4. The van der Waals surface area contributed by atoms with Crippen molar-refractivity contribution in [2.45, 2.75) is 51.0 Å². The van der Waals surface area contributed by atoms with Crippen molar-refractivity contribution in [3.63, 3.8) is 0 Å². The quantitative estimate of drug-likeness (QED) is 0.590. The fraction of sp³-hybridized carbons (Fsp3) is 0.652. The minimum atomic E-state index is -3.66. The second kappa shape index (κ2) is 10.2. The highest BCUT2D eigenvalue weighted by molar-refractivity contribution is 7.89. The number of aryl methyl sites for hydroxylation is 1. The number of aromatic nitrogens is 1. The molecule has 2 saturated heterocycles. The smallest absolute Gasteiger partial charge is 0.308 e. The summed E-state index contributed by atoms with van der Waals surface area (Å²) in [6, 6.07) is 4.96. The summed E-state index contributed by atoms with van der Waals surface area (Å²) < 4.78 is 30.4. The van der Waals surface area contributed by atoms with Crippen LogP contribution in [-0.4, -0.2) is 78.8 Å². The predicted octanol–water partition coefficient (Wildman–Crippen LogP) is 2.43. The Morgan fingerprint density at radius 3 is 2.30 bits per heavy atom. The average Bonchev–Trinajstić information content (AvgIpc) is 3.14. The van der Waals surface area contributed by atoms with Crippen LogP contribution in [0.2, 0.25) is 0 Å². The number of hydrogen-bond donors (Lipinski definition) is 0. The Morgan fingerprint density at radius 2 is 1.67 bits per heavy atom. The molecule has 0 spiro atoms. The van der Waals surface area contributed by atoms with Gasteiger partial charge in [-0.25, -0.2) is 8.42 Å². The summed E-state index contributed by atoms with van der Waals surface area (Å²) >= 11 is 1.09. The molecule has 10 heteroatoms. The lowest BCUT2D eigenvalue weighted by Crippen LogP contribution is -2.51. The number of rotatable bonds is 7. The van der Waals surface area contributed by atoms with Gasteiger partial charge in [0.15, 0.2) is 0 Å². The molecule has 4 rings (SSSR count).